The second-order valence-corrected chi connectivity index (χ2v) is 8.77. The number of aryl methyl sites for hydroxylation is 1. The van der Waals surface area contributed by atoms with Crippen molar-refractivity contribution < 1.29 is 9.53 Å². The van der Waals surface area contributed by atoms with Gasteiger partial charge in [0.1, 0.15) is 11.4 Å². The number of benzene rings is 2. The number of carbonyl (C=O) groups excluding carboxylic acids is 1. The van der Waals surface area contributed by atoms with E-state index in [0.717, 1.165) is 36.1 Å². The van der Waals surface area contributed by atoms with E-state index in [-0.39, 0.29) is 17.6 Å². The van der Waals surface area contributed by atoms with Crippen LogP contribution in [0.4, 0.5) is 0 Å². The van der Waals surface area contributed by atoms with E-state index < -0.39 is 0 Å². The number of hydrogen-bond donors (Lipinski definition) is 1. The van der Waals surface area contributed by atoms with Crippen LogP contribution >= 0.6 is 23.2 Å². The lowest BCUT2D eigenvalue weighted by Gasteiger charge is -2.44. The molecule has 1 amide bonds. The van der Waals surface area contributed by atoms with Crippen molar-refractivity contribution >= 4 is 29.1 Å². The van der Waals surface area contributed by atoms with Crippen molar-refractivity contribution in [2.75, 3.05) is 0 Å². The highest BCUT2D eigenvalue weighted by Gasteiger charge is 2.42. The number of ether oxygens (including phenoxy) is 1. The summed E-state index contributed by atoms with van der Waals surface area (Å²) in [5, 5.41) is 4.32. The van der Waals surface area contributed by atoms with Crippen LogP contribution in [0.1, 0.15) is 62.1 Å². The van der Waals surface area contributed by atoms with Crippen LogP contribution in [0.5, 0.6) is 5.75 Å². The van der Waals surface area contributed by atoms with Crippen LogP contribution in [-0.2, 0) is 11.2 Å². The molecule has 0 saturated heterocycles. The third-order valence-corrected chi connectivity index (χ3v) is 6.66. The number of rotatable bonds is 4. The Morgan fingerprint density at radius 3 is 2.64 bits per heavy atom. The van der Waals surface area contributed by atoms with E-state index in [2.05, 4.69) is 11.4 Å². The molecule has 28 heavy (non-hydrogen) atoms. The van der Waals surface area contributed by atoms with Gasteiger partial charge in [-0.1, -0.05) is 53.9 Å². The molecule has 0 unspecified atom stereocenters. The monoisotopic (exact) mass is 417 g/mol. The maximum absolute atomic E-state index is 12.7. The molecule has 1 spiro atoms. The summed E-state index contributed by atoms with van der Waals surface area (Å²) in [5.41, 5.74) is 1.97. The Kier molecular flexibility index (Phi) is 5.84. The molecule has 1 saturated carbocycles. The number of hydrogen-bond acceptors (Lipinski definition) is 2. The zero-order valence-corrected chi connectivity index (χ0v) is 17.4. The van der Waals surface area contributed by atoms with Crippen LogP contribution in [0.15, 0.2) is 42.5 Å². The van der Waals surface area contributed by atoms with Gasteiger partial charge in [0, 0.05) is 18.4 Å². The number of nitrogens with one attached hydrogen (secondary N) is 1. The summed E-state index contributed by atoms with van der Waals surface area (Å²) in [7, 11) is 0. The standard InChI is InChI=1S/C23H25Cl2NO2/c24-18-10-8-16(14-19(18)25)9-11-22(27)26-20-15-23(12-4-1-5-13-23)28-21-7-3-2-6-17(20)21/h2-3,6-8,10,14,20H,1,4-5,9,11-13,15H2,(H,26,27)/t20-/m0/s1. The van der Waals surface area contributed by atoms with Gasteiger partial charge in [0.2, 0.25) is 5.91 Å². The van der Waals surface area contributed by atoms with Gasteiger partial charge in [-0.25, -0.2) is 0 Å². The minimum absolute atomic E-state index is 0.00403. The smallest absolute Gasteiger partial charge is 0.220 e. The second kappa shape index (κ2) is 8.34. The number of carbonyl (C=O) groups is 1. The van der Waals surface area contributed by atoms with E-state index in [9.17, 15) is 4.79 Å². The van der Waals surface area contributed by atoms with Crippen molar-refractivity contribution in [3.05, 3.63) is 63.6 Å². The van der Waals surface area contributed by atoms with Gasteiger partial charge in [0.25, 0.3) is 0 Å². The van der Waals surface area contributed by atoms with Gasteiger partial charge in [0.15, 0.2) is 0 Å². The molecule has 1 aliphatic carbocycles. The third kappa shape index (κ3) is 4.31. The van der Waals surface area contributed by atoms with Crippen molar-refractivity contribution in [1.82, 2.24) is 5.32 Å². The molecule has 1 fully saturated rings. The van der Waals surface area contributed by atoms with E-state index in [1.54, 1.807) is 6.07 Å². The zero-order valence-electron chi connectivity index (χ0n) is 15.8. The highest BCUT2D eigenvalue weighted by molar-refractivity contribution is 6.42. The van der Waals surface area contributed by atoms with Crippen LogP contribution in [0.3, 0.4) is 0 Å². The Labute approximate surface area is 176 Å². The largest absolute Gasteiger partial charge is 0.487 e. The fraction of sp³-hybridized carbons (Fsp3) is 0.435. The average molecular weight is 418 g/mol. The highest BCUT2D eigenvalue weighted by Crippen LogP contribution is 2.46. The highest BCUT2D eigenvalue weighted by atomic mass is 35.5. The first kappa shape index (κ1) is 19.6. The predicted molar refractivity (Wildman–Crippen MR) is 113 cm³/mol. The lowest BCUT2D eigenvalue weighted by molar-refractivity contribution is -0.122. The van der Waals surface area contributed by atoms with Crippen LogP contribution in [0.25, 0.3) is 0 Å². The molecule has 2 aromatic rings. The van der Waals surface area contributed by atoms with Crippen molar-refractivity contribution in [2.45, 2.75) is 63.0 Å². The van der Waals surface area contributed by atoms with Gasteiger partial charge in [0.05, 0.1) is 16.1 Å². The maximum atomic E-state index is 12.7. The van der Waals surface area contributed by atoms with Crippen LogP contribution in [-0.4, -0.2) is 11.5 Å². The number of halogens is 2. The molecule has 0 bridgehead atoms. The Morgan fingerprint density at radius 2 is 1.86 bits per heavy atom. The molecule has 0 aromatic heterocycles. The molecule has 2 aliphatic rings. The molecule has 1 aliphatic heterocycles. The number of amides is 1. The van der Waals surface area contributed by atoms with Gasteiger partial charge in [-0.05, 0) is 55.9 Å². The Morgan fingerprint density at radius 1 is 1.07 bits per heavy atom. The summed E-state index contributed by atoms with van der Waals surface area (Å²) >= 11 is 12.0. The minimum atomic E-state index is -0.131. The topological polar surface area (TPSA) is 38.3 Å². The molecular formula is C23H25Cl2NO2. The molecule has 148 valence electrons. The predicted octanol–water partition coefficient (Wildman–Crippen LogP) is 6.27. The van der Waals surface area contributed by atoms with Crippen molar-refractivity contribution in [1.29, 1.82) is 0 Å². The summed E-state index contributed by atoms with van der Waals surface area (Å²) in [5.74, 6) is 0.976. The maximum Gasteiger partial charge on any atom is 0.220 e. The van der Waals surface area contributed by atoms with E-state index in [1.807, 2.05) is 30.3 Å². The molecule has 1 N–H and O–H groups in total. The summed E-state index contributed by atoms with van der Waals surface area (Å²) in [6.07, 6.45) is 7.70. The minimum Gasteiger partial charge on any atom is -0.487 e. The molecule has 5 heteroatoms. The lowest BCUT2D eigenvalue weighted by Crippen LogP contribution is -2.46. The molecule has 0 radical (unpaired) electrons. The molecular weight excluding hydrogens is 393 g/mol. The first-order valence-electron chi connectivity index (χ1n) is 10.1. The average Bonchev–Trinajstić information content (AvgIpc) is 2.69. The first-order valence-corrected chi connectivity index (χ1v) is 10.8. The number of fused-ring (bicyclic) bond motifs is 1. The van der Waals surface area contributed by atoms with Gasteiger partial charge in [-0.3, -0.25) is 4.79 Å². The molecule has 3 nitrogen and oxygen atoms in total. The van der Waals surface area contributed by atoms with E-state index in [4.69, 9.17) is 27.9 Å². The first-order chi connectivity index (χ1) is 13.5. The fourth-order valence-corrected chi connectivity index (χ4v) is 4.79. The van der Waals surface area contributed by atoms with E-state index in [1.165, 1.54) is 19.3 Å². The van der Waals surface area contributed by atoms with Gasteiger partial charge in [-0.15, -0.1) is 0 Å². The molecule has 4 rings (SSSR count). The molecule has 1 heterocycles. The van der Waals surface area contributed by atoms with Crippen molar-refractivity contribution in [2.24, 2.45) is 0 Å². The van der Waals surface area contributed by atoms with Crippen molar-refractivity contribution in [3.63, 3.8) is 0 Å². The summed E-state index contributed by atoms with van der Waals surface area (Å²) in [6.45, 7) is 0. The lowest BCUT2D eigenvalue weighted by atomic mass is 9.77. The third-order valence-electron chi connectivity index (χ3n) is 5.92. The molecule has 2 aromatic carbocycles. The van der Waals surface area contributed by atoms with E-state index >= 15 is 0 Å². The Balaban J connectivity index is 1.44. The Hall–Kier alpha value is -1.71. The van der Waals surface area contributed by atoms with Crippen LogP contribution in [0.2, 0.25) is 10.0 Å². The summed E-state index contributed by atoms with van der Waals surface area (Å²) in [4.78, 5) is 12.7. The number of para-hydroxylation sites is 1. The normalized spacial score (nSPS) is 20.3. The second-order valence-electron chi connectivity index (χ2n) is 7.96. The van der Waals surface area contributed by atoms with Crippen molar-refractivity contribution in [3.8, 4) is 5.75 Å². The SMILES string of the molecule is O=C(CCc1ccc(Cl)c(Cl)c1)N[C@H]1CC2(CCCCC2)Oc2ccccc21. The van der Waals surface area contributed by atoms with Gasteiger partial charge < -0.3 is 10.1 Å². The van der Waals surface area contributed by atoms with Crippen LogP contribution < -0.4 is 10.1 Å². The van der Waals surface area contributed by atoms with E-state index in [0.29, 0.717) is 22.9 Å². The van der Waals surface area contributed by atoms with Crippen LogP contribution in [0, 0.1) is 0 Å². The van der Waals surface area contributed by atoms with Gasteiger partial charge in [-0.2, -0.15) is 0 Å². The Bertz CT molecular complexity index is 861. The zero-order chi connectivity index (χ0) is 19.6. The molecule has 1 atom stereocenters. The summed E-state index contributed by atoms with van der Waals surface area (Å²) in [6, 6.07) is 13.6. The summed E-state index contributed by atoms with van der Waals surface area (Å²) < 4.78 is 6.45. The quantitative estimate of drug-likeness (QED) is 0.636. The van der Waals surface area contributed by atoms with Gasteiger partial charge >= 0.3 is 0 Å². The fourth-order valence-electron chi connectivity index (χ4n) is 4.47.